The highest BCUT2D eigenvalue weighted by atomic mass is 32.2. The molecule has 0 radical (unpaired) electrons. The first-order chi connectivity index (χ1) is 15.7. The van der Waals surface area contributed by atoms with Crippen molar-refractivity contribution in [2.24, 2.45) is 0 Å². The van der Waals surface area contributed by atoms with E-state index in [9.17, 15) is 22.0 Å². The van der Waals surface area contributed by atoms with Gasteiger partial charge in [-0.2, -0.15) is 12.7 Å². The number of rotatable bonds is 9. The van der Waals surface area contributed by atoms with Gasteiger partial charge in [-0.05, 0) is 53.9 Å². The van der Waals surface area contributed by atoms with Crippen LogP contribution in [0.3, 0.4) is 0 Å². The van der Waals surface area contributed by atoms with Gasteiger partial charge in [-0.25, -0.2) is 8.78 Å². The Kier molecular flexibility index (Phi) is 7.78. The third kappa shape index (κ3) is 6.15. The van der Waals surface area contributed by atoms with E-state index in [1.165, 1.54) is 44.4 Å². The minimum atomic E-state index is -3.96. The van der Waals surface area contributed by atoms with E-state index in [2.05, 4.69) is 5.32 Å². The van der Waals surface area contributed by atoms with Gasteiger partial charge >= 0.3 is 10.2 Å². The SMILES string of the molecule is CN(C)S(=O)(=O)N(Cc1ccc(C(=O)NCCc2ccc(F)cc2)cc1)c1ccccc1F. The predicted octanol–water partition coefficient (Wildman–Crippen LogP) is 3.75. The number of halogens is 2. The predicted molar refractivity (Wildman–Crippen MR) is 124 cm³/mol. The van der Waals surface area contributed by atoms with Crippen molar-refractivity contribution in [2.45, 2.75) is 13.0 Å². The van der Waals surface area contributed by atoms with Crippen LogP contribution in [0.2, 0.25) is 0 Å². The van der Waals surface area contributed by atoms with Crippen LogP contribution in [-0.2, 0) is 23.2 Å². The van der Waals surface area contributed by atoms with E-state index in [1.54, 1.807) is 42.5 Å². The molecule has 33 heavy (non-hydrogen) atoms. The molecule has 0 heterocycles. The van der Waals surface area contributed by atoms with Crippen LogP contribution in [0.15, 0.2) is 72.8 Å². The first kappa shape index (κ1) is 24.3. The molecule has 3 aromatic rings. The highest BCUT2D eigenvalue weighted by Gasteiger charge is 2.27. The molecule has 0 unspecified atom stereocenters. The number of carbonyl (C=O) groups excluding carboxylic acids is 1. The Morgan fingerprint density at radius 1 is 0.879 bits per heavy atom. The van der Waals surface area contributed by atoms with Crippen molar-refractivity contribution in [1.82, 2.24) is 9.62 Å². The minimum absolute atomic E-state index is 0.0613. The number of anilines is 1. The van der Waals surface area contributed by atoms with E-state index in [0.717, 1.165) is 14.2 Å². The highest BCUT2D eigenvalue weighted by molar-refractivity contribution is 7.90. The fraction of sp³-hybridized carbons (Fsp3) is 0.208. The Labute approximate surface area is 192 Å². The maximum absolute atomic E-state index is 14.4. The second kappa shape index (κ2) is 10.5. The molecule has 3 aromatic carbocycles. The van der Waals surface area contributed by atoms with Gasteiger partial charge in [-0.15, -0.1) is 0 Å². The standard InChI is InChI=1S/C24H25F2N3O3S/c1-28(2)33(31,32)29(23-6-4-3-5-22(23)26)17-19-7-11-20(12-8-19)24(30)27-16-15-18-9-13-21(25)14-10-18/h3-14H,15-17H2,1-2H3,(H,27,30). The molecule has 0 aliphatic heterocycles. The second-order valence-corrected chi connectivity index (χ2v) is 9.64. The van der Waals surface area contributed by atoms with Crippen molar-refractivity contribution in [3.8, 4) is 0 Å². The van der Waals surface area contributed by atoms with Crippen molar-refractivity contribution in [3.05, 3.63) is 101 Å². The molecule has 0 atom stereocenters. The molecular formula is C24H25F2N3O3S. The van der Waals surface area contributed by atoms with Gasteiger partial charge in [0.15, 0.2) is 0 Å². The van der Waals surface area contributed by atoms with E-state index in [4.69, 9.17) is 0 Å². The summed E-state index contributed by atoms with van der Waals surface area (Å²) >= 11 is 0. The molecule has 0 bridgehead atoms. The summed E-state index contributed by atoms with van der Waals surface area (Å²) in [6, 6.07) is 18.2. The Hall–Kier alpha value is -3.30. The fourth-order valence-electron chi connectivity index (χ4n) is 3.14. The second-order valence-electron chi connectivity index (χ2n) is 7.58. The molecule has 3 rings (SSSR count). The molecule has 174 valence electrons. The van der Waals surface area contributed by atoms with Crippen LogP contribution in [0.4, 0.5) is 14.5 Å². The van der Waals surface area contributed by atoms with Crippen molar-refractivity contribution < 1.29 is 22.0 Å². The van der Waals surface area contributed by atoms with Crippen LogP contribution >= 0.6 is 0 Å². The summed E-state index contributed by atoms with van der Waals surface area (Å²) < 4.78 is 55.0. The fourth-order valence-corrected chi connectivity index (χ4v) is 4.25. The van der Waals surface area contributed by atoms with Gasteiger partial charge in [0.2, 0.25) is 0 Å². The molecule has 0 aromatic heterocycles. The van der Waals surface area contributed by atoms with Crippen LogP contribution in [0.25, 0.3) is 0 Å². The van der Waals surface area contributed by atoms with Crippen LogP contribution in [0, 0.1) is 11.6 Å². The summed E-state index contributed by atoms with van der Waals surface area (Å²) in [6.07, 6.45) is 0.560. The third-order valence-electron chi connectivity index (χ3n) is 5.02. The quantitative estimate of drug-likeness (QED) is 0.515. The van der Waals surface area contributed by atoms with E-state index in [1.807, 2.05) is 0 Å². The van der Waals surface area contributed by atoms with Crippen LogP contribution in [0.5, 0.6) is 0 Å². The molecule has 0 aliphatic carbocycles. The van der Waals surface area contributed by atoms with Gasteiger partial charge in [0.05, 0.1) is 12.2 Å². The van der Waals surface area contributed by atoms with Crippen molar-refractivity contribution in [3.63, 3.8) is 0 Å². The lowest BCUT2D eigenvalue weighted by atomic mass is 10.1. The summed E-state index contributed by atoms with van der Waals surface area (Å²) in [5.74, 6) is -1.24. The Morgan fingerprint density at radius 2 is 1.48 bits per heavy atom. The molecule has 6 nitrogen and oxygen atoms in total. The summed E-state index contributed by atoms with van der Waals surface area (Å²) in [7, 11) is -1.20. The number of hydrogen-bond acceptors (Lipinski definition) is 3. The maximum Gasteiger partial charge on any atom is 0.303 e. The minimum Gasteiger partial charge on any atom is -0.352 e. The monoisotopic (exact) mass is 473 g/mol. The molecule has 0 fully saturated rings. The lowest BCUT2D eigenvalue weighted by Crippen LogP contribution is -2.40. The van der Waals surface area contributed by atoms with E-state index in [0.29, 0.717) is 24.1 Å². The number of hydrogen-bond donors (Lipinski definition) is 1. The van der Waals surface area contributed by atoms with Gasteiger partial charge in [-0.1, -0.05) is 36.4 Å². The average Bonchev–Trinajstić information content (AvgIpc) is 2.79. The normalized spacial score (nSPS) is 11.4. The zero-order valence-corrected chi connectivity index (χ0v) is 19.1. The Morgan fingerprint density at radius 3 is 2.09 bits per heavy atom. The highest BCUT2D eigenvalue weighted by Crippen LogP contribution is 2.25. The van der Waals surface area contributed by atoms with Crippen LogP contribution in [0.1, 0.15) is 21.5 Å². The third-order valence-corrected chi connectivity index (χ3v) is 6.82. The summed E-state index contributed by atoms with van der Waals surface area (Å²) in [5, 5.41) is 2.80. The molecule has 0 saturated heterocycles. The summed E-state index contributed by atoms with van der Waals surface area (Å²) in [5.41, 5.74) is 1.84. The molecule has 1 N–H and O–H groups in total. The van der Waals surface area contributed by atoms with Gasteiger partial charge in [0.1, 0.15) is 11.6 Å². The first-order valence-corrected chi connectivity index (χ1v) is 11.6. The van der Waals surface area contributed by atoms with Gasteiger partial charge < -0.3 is 5.32 Å². The first-order valence-electron chi connectivity index (χ1n) is 10.2. The van der Waals surface area contributed by atoms with Crippen LogP contribution in [-0.4, -0.2) is 39.3 Å². The zero-order chi connectivity index (χ0) is 24.0. The van der Waals surface area contributed by atoms with Crippen molar-refractivity contribution in [2.75, 3.05) is 24.9 Å². The Bertz CT molecular complexity index is 1200. The molecule has 0 aliphatic rings. The number of para-hydroxylation sites is 1. The maximum atomic E-state index is 14.4. The Balaban J connectivity index is 1.69. The van der Waals surface area contributed by atoms with Gasteiger partial charge in [0.25, 0.3) is 5.91 Å². The van der Waals surface area contributed by atoms with Crippen molar-refractivity contribution >= 4 is 21.8 Å². The molecular weight excluding hydrogens is 448 g/mol. The van der Waals surface area contributed by atoms with Gasteiger partial charge in [0, 0.05) is 26.2 Å². The summed E-state index contributed by atoms with van der Waals surface area (Å²) in [6.45, 7) is 0.280. The molecule has 1 amide bonds. The zero-order valence-electron chi connectivity index (χ0n) is 18.3. The molecule has 0 spiro atoms. The molecule has 9 heteroatoms. The van der Waals surface area contributed by atoms with E-state index in [-0.39, 0.29) is 24.0 Å². The summed E-state index contributed by atoms with van der Waals surface area (Å²) in [4.78, 5) is 12.4. The number of nitrogens with one attached hydrogen (secondary N) is 1. The lowest BCUT2D eigenvalue weighted by molar-refractivity contribution is 0.0954. The number of amides is 1. The van der Waals surface area contributed by atoms with Crippen molar-refractivity contribution in [1.29, 1.82) is 0 Å². The number of carbonyl (C=O) groups is 1. The van der Waals surface area contributed by atoms with Crippen LogP contribution < -0.4 is 9.62 Å². The van der Waals surface area contributed by atoms with E-state index >= 15 is 0 Å². The van der Waals surface area contributed by atoms with Gasteiger partial charge in [-0.3, -0.25) is 9.10 Å². The molecule has 0 saturated carbocycles. The largest absolute Gasteiger partial charge is 0.352 e. The number of benzene rings is 3. The topological polar surface area (TPSA) is 69.7 Å². The van der Waals surface area contributed by atoms with E-state index < -0.39 is 16.0 Å². The average molecular weight is 474 g/mol. The smallest absolute Gasteiger partial charge is 0.303 e. The number of nitrogens with zero attached hydrogens (tertiary/aromatic N) is 2. The lowest BCUT2D eigenvalue weighted by Gasteiger charge is -2.27.